The SMILES string of the molecule is C[C@]12CCC(=O)C=C1CC[C@@H]1[C@H]2CC[C@]2(C)C(C(=O)N(C(=O)NC3CCCCC3)C3CCCCC3)CC[C@@H]12. The number of hydrogen-bond donors (Lipinski definition) is 1. The van der Waals surface area contributed by atoms with Crippen molar-refractivity contribution in [1.82, 2.24) is 10.2 Å². The number of hydrogen-bond acceptors (Lipinski definition) is 3. The van der Waals surface area contributed by atoms with E-state index in [2.05, 4.69) is 19.2 Å². The Balaban J connectivity index is 1.23. The van der Waals surface area contributed by atoms with Gasteiger partial charge in [-0.1, -0.05) is 57.9 Å². The van der Waals surface area contributed by atoms with Crippen LogP contribution in [0.3, 0.4) is 0 Å². The van der Waals surface area contributed by atoms with Crippen LogP contribution in [-0.2, 0) is 9.59 Å². The highest BCUT2D eigenvalue weighted by Crippen LogP contribution is 2.66. The van der Waals surface area contributed by atoms with Crippen LogP contribution in [-0.4, -0.2) is 34.7 Å². The van der Waals surface area contributed by atoms with E-state index in [0.29, 0.717) is 30.0 Å². The van der Waals surface area contributed by atoms with Gasteiger partial charge in [-0.2, -0.15) is 0 Å². The van der Waals surface area contributed by atoms with Crippen molar-refractivity contribution in [2.75, 3.05) is 0 Å². The van der Waals surface area contributed by atoms with Crippen LogP contribution in [0.2, 0.25) is 0 Å². The molecule has 0 saturated heterocycles. The lowest BCUT2D eigenvalue weighted by molar-refractivity contribution is -0.142. The van der Waals surface area contributed by atoms with Gasteiger partial charge in [0.1, 0.15) is 0 Å². The minimum Gasteiger partial charge on any atom is -0.335 e. The molecule has 6 atom stereocenters. The van der Waals surface area contributed by atoms with Gasteiger partial charge in [0.15, 0.2) is 5.78 Å². The number of imide groups is 1. The third-order valence-electron chi connectivity index (χ3n) is 12.6. The molecule has 6 aliphatic carbocycles. The summed E-state index contributed by atoms with van der Waals surface area (Å²) in [5.41, 5.74) is 1.55. The molecule has 0 aliphatic heterocycles. The van der Waals surface area contributed by atoms with Crippen molar-refractivity contribution in [1.29, 1.82) is 0 Å². The molecule has 0 aromatic heterocycles. The van der Waals surface area contributed by atoms with Crippen molar-refractivity contribution in [3.63, 3.8) is 0 Å². The maximum Gasteiger partial charge on any atom is 0.324 e. The summed E-state index contributed by atoms with van der Waals surface area (Å²) in [6, 6.07) is 0.200. The highest BCUT2D eigenvalue weighted by molar-refractivity contribution is 5.96. The molecule has 0 radical (unpaired) electrons. The van der Waals surface area contributed by atoms with Gasteiger partial charge in [0.05, 0.1) is 0 Å². The van der Waals surface area contributed by atoms with Gasteiger partial charge in [0, 0.05) is 24.4 Å². The van der Waals surface area contributed by atoms with Crippen molar-refractivity contribution in [3.05, 3.63) is 11.6 Å². The molecule has 0 spiro atoms. The average Bonchev–Trinajstić information content (AvgIpc) is 3.27. The number of carbonyl (C=O) groups is 3. The molecule has 5 fully saturated rings. The molecule has 6 aliphatic rings. The van der Waals surface area contributed by atoms with E-state index in [1.807, 2.05) is 6.08 Å². The van der Waals surface area contributed by atoms with E-state index >= 15 is 0 Å². The van der Waals surface area contributed by atoms with Crippen LogP contribution in [0, 0.1) is 34.5 Å². The number of amides is 3. The first-order valence-electron chi connectivity index (χ1n) is 16.2. The lowest BCUT2D eigenvalue weighted by Crippen LogP contribution is -2.57. The Morgan fingerprint density at radius 2 is 1.53 bits per heavy atom. The number of rotatable bonds is 3. The zero-order valence-electron chi connectivity index (χ0n) is 23.9. The van der Waals surface area contributed by atoms with Crippen LogP contribution in [0.5, 0.6) is 0 Å². The van der Waals surface area contributed by atoms with Crippen LogP contribution >= 0.6 is 0 Å². The Kier molecular flexibility index (Phi) is 7.27. The molecule has 0 aromatic carbocycles. The smallest absolute Gasteiger partial charge is 0.324 e. The summed E-state index contributed by atoms with van der Waals surface area (Å²) in [6.45, 7) is 4.84. The first-order chi connectivity index (χ1) is 18.3. The Bertz CT molecular complexity index is 977. The molecule has 0 bridgehead atoms. The van der Waals surface area contributed by atoms with Crippen molar-refractivity contribution in [2.24, 2.45) is 34.5 Å². The van der Waals surface area contributed by atoms with Crippen molar-refractivity contribution < 1.29 is 14.4 Å². The highest BCUT2D eigenvalue weighted by Gasteiger charge is 2.61. The fraction of sp³-hybridized carbons (Fsp3) is 0.848. The molecule has 5 heteroatoms. The number of nitrogens with zero attached hydrogens (tertiary/aromatic N) is 1. The number of carbonyl (C=O) groups excluding carboxylic acids is 3. The van der Waals surface area contributed by atoms with E-state index in [0.717, 1.165) is 83.5 Å². The van der Waals surface area contributed by atoms with Gasteiger partial charge in [-0.05, 0) is 105 Å². The summed E-state index contributed by atoms with van der Waals surface area (Å²) in [6.07, 6.45) is 21.3. The van der Waals surface area contributed by atoms with Crippen LogP contribution in [0.25, 0.3) is 0 Å². The average molecular weight is 523 g/mol. The highest BCUT2D eigenvalue weighted by atomic mass is 16.2. The minimum atomic E-state index is -0.0960. The predicted octanol–water partition coefficient (Wildman–Crippen LogP) is 7.34. The molecule has 38 heavy (non-hydrogen) atoms. The second-order valence-corrected chi connectivity index (χ2v) is 14.4. The second-order valence-electron chi connectivity index (χ2n) is 14.4. The molecular formula is C33H50N2O3. The van der Waals surface area contributed by atoms with Crippen LogP contribution in [0.15, 0.2) is 11.6 Å². The fourth-order valence-corrected chi connectivity index (χ4v) is 10.4. The van der Waals surface area contributed by atoms with E-state index < -0.39 is 0 Å². The van der Waals surface area contributed by atoms with Crippen molar-refractivity contribution >= 4 is 17.7 Å². The Hall–Kier alpha value is -1.65. The zero-order valence-corrected chi connectivity index (χ0v) is 23.9. The van der Waals surface area contributed by atoms with E-state index in [1.165, 1.54) is 31.3 Å². The molecule has 5 saturated carbocycles. The monoisotopic (exact) mass is 522 g/mol. The normalized spacial score (nSPS) is 39.9. The van der Waals surface area contributed by atoms with Gasteiger partial charge in [-0.3, -0.25) is 14.5 Å². The molecule has 5 nitrogen and oxygen atoms in total. The summed E-state index contributed by atoms with van der Waals surface area (Å²) in [5.74, 6) is 2.25. The van der Waals surface area contributed by atoms with Gasteiger partial charge >= 0.3 is 6.03 Å². The standard InChI is InChI=1S/C33H50N2O3/c1-32-19-17-25(36)21-22(32)13-14-26-27-15-16-29(33(27,2)20-18-28(26)32)30(37)35(24-11-7-4-8-12-24)31(38)34-23-9-5-3-6-10-23/h21,23-24,26-29H,3-20H2,1-2H3,(H,34,38)/t26-,27-,28+,29?,32-,33-/m0/s1. The lowest BCUT2D eigenvalue weighted by atomic mass is 9.47. The van der Waals surface area contributed by atoms with Crippen molar-refractivity contribution in [3.8, 4) is 0 Å². The Morgan fingerprint density at radius 3 is 2.26 bits per heavy atom. The molecule has 6 rings (SSSR count). The van der Waals surface area contributed by atoms with Crippen molar-refractivity contribution in [2.45, 2.75) is 142 Å². The van der Waals surface area contributed by atoms with Gasteiger partial charge in [0.25, 0.3) is 0 Å². The number of urea groups is 1. The third-order valence-corrected chi connectivity index (χ3v) is 12.6. The molecule has 1 unspecified atom stereocenters. The first-order valence-corrected chi connectivity index (χ1v) is 16.2. The Labute approximate surface area is 229 Å². The molecule has 210 valence electrons. The second kappa shape index (κ2) is 10.4. The number of ketones is 1. The van der Waals surface area contributed by atoms with E-state index in [1.54, 1.807) is 4.90 Å². The molecule has 3 amide bonds. The fourth-order valence-electron chi connectivity index (χ4n) is 10.4. The third kappa shape index (κ3) is 4.48. The topological polar surface area (TPSA) is 66.5 Å². The van der Waals surface area contributed by atoms with Crippen LogP contribution in [0.4, 0.5) is 4.79 Å². The molecule has 0 heterocycles. The Morgan fingerprint density at radius 1 is 0.816 bits per heavy atom. The molecular weight excluding hydrogens is 472 g/mol. The maximum absolute atomic E-state index is 14.5. The number of allylic oxidation sites excluding steroid dienone is 1. The van der Waals surface area contributed by atoms with E-state index in [9.17, 15) is 14.4 Å². The number of nitrogens with one attached hydrogen (secondary N) is 1. The molecule has 0 aromatic rings. The summed E-state index contributed by atoms with van der Waals surface area (Å²) >= 11 is 0. The summed E-state index contributed by atoms with van der Waals surface area (Å²) in [4.78, 5) is 42.2. The minimum absolute atomic E-state index is 0.0155. The van der Waals surface area contributed by atoms with Gasteiger partial charge < -0.3 is 5.32 Å². The lowest BCUT2D eigenvalue weighted by Gasteiger charge is -2.58. The van der Waals surface area contributed by atoms with E-state index in [4.69, 9.17) is 0 Å². The molecule has 1 N–H and O–H groups in total. The largest absolute Gasteiger partial charge is 0.335 e. The quantitative estimate of drug-likeness (QED) is 0.422. The van der Waals surface area contributed by atoms with Gasteiger partial charge in [-0.25, -0.2) is 4.79 Å². The summed E-state index contributed by atoms with van der Waals surface area (Å²) < 4.78 is 0. The van der Waals surface area contributed by atoms with Crippen LogP contribution in [0.1, 0.15) is 129 Å². The summed E-state index contributed by atoms with van der Waals surface area (Å²) in [5, 5.41) is 3.32. The van der Waals surface area contributed by atoms with Crippen LogP contribution < -0.4 is 5.32 Å². The van der Waals surface area contributed by atoms with E-state index in [-0.39, 0.29) is 40.8 Å². The summed E-state index contributed by atoms with van der Waals surface area (Å²) in [7, 11) is 0. The zero-order chi connectivity index (χ0) is 26.5. The first kappa shape index (κ1) is 26.6. The maximum atomic E-state index is 14.5. The predicted molar refractivity (Wildman–Crippen MR) is 149 cm³/mol. The van der Waals surface area contributed by atoms with Gasteiger partial charge in [0.2, 0.25) is 5.91 Å². The number of fused-ring (bicyclic) bond motifs is 5. The van der Waals surface area contributed by atoms with Gasteiger partial charge in [-0.15, -0.1) is 0 Å².